The van der Waals surface area contributed by atoms with Gasteiger partial charge in [-0.1, -0.05) is 0 Å². The van der Waals surface area contributed by atoms with E-state index >= 15 is 0 Å². The summed E-state index contributed by atoms with van der Waals surface area (Å²) in [4.78, 5) is 24.1. The lowest BCUT2D eigenvalue weighted by Crippen LogP contribution is -2.43. The van der Waals surface area contributed by atoms with Crippen molar-refractivity contribution in [1.82, 2.24) is 19.8 Å². The minimum atomic E-state index is 0.207. The van der Waals surface area contributed by atoms with E-state index in [0.717, 1.165) is 31.6 Å². The van der Waals surface area contributed by atoms with Crippen molar-refractivity contribution in [3.05, 3.63) is 24.3 Å². The maximum Gasteiger partial charge on any atom is 0.236 e. The third kappa shape index (κ3) is 3.26. The fraction of sp³-hybridized carbons (Fsp3) is 0.615. The van der Waals surface area contributed by atoms with E-state index in [1.807, 2.05) is 30.0 Å². The number of carbonyl (C=O) groups excluding carboxylic acids is 1. The molecule has 98 valence electrons. The number of hydrogen-bond acceptors (Lipinski definition) is 4. The molecule has 5 heteroatoms. The molecule has 1 fully saturated rings. The van der Waals surface area contributed by atoms with Crippen LogP contribution >= 0.6 is 0 Å². The quantitative estimate of drug-likeness (QED) is 0.792. The van der Waals surface area contributed by atoms with Gasteiger partial charge in [0.25, 0.3) is 0 Å². The first-order chi connectivity index (χ1) is 8.66. The normalized spacial score (nSPS) is 20.2. The second-order valence-electron chi connectivity index (χ2n) is 5.05. The van der Waals surface area contributed by atoms with Crippen LogP contribution in [0.5, 0.6) is 0 Å². The Bertz CT molecular complexity index is 393. The number of hydrogen-bond donors (Lipinski definition) is 0. The molecule has 18 heavy (non-hydrogen) atoms. The Morgan fingerprint density at radius 2 is 2.39 bits per heavy atom. The third-order valence-corrected chi connectivity index (χ3v) is 3.25. The minimum absolute atomic E-state index is 0.207. The van der Waals surface area contributed by atoms with Crippen LogP contribution in [0.15, 0.2) is 18.6 Å². The van der Waals surface area contributed by atoms with Gasteiger partial charge in [0.2, 0.25) is 5.91 Å². The number of carbonyl (C=O) groups is 1. The van der Waals surface area contributed by atoms with E-state index in [0.29, 0.717) is 12.5 Å². The molecule has 0 aliphatic carbocycles. The molecule has 5 nitrogen and oxygen atoms in total. The fourth-order valence-corrected chi connectivity index (χ4v) is 2.36. The summed E-state index contributed by atoms with van der Waals surface area (Å²) < 4.78 is 0. The Kier molecular flexibility index (Phi) is 4.25. The number of amides is 1. The zero-order valence-corrected chi connectivity index (χ0v) is 11.0. The zero-order valence-electron chi connectivity index (χ0n) is 11.0. The molecule has 0 spiro atoms. The van der Waals surface area contributed by atoms with E-state index in [1.54, 1.807) is 12.5 Å². The smallest absolute Gasteiger partial charge is 0.236 e. The molecule has 1 aliphatic heterocycles. The van der Waals surface area contributed by atoms with Gasteiger partial charge in [0.05, 0.1) is 6.54 Å². The molecule has 1 aromatic heterocycles. The summed E-state index contributed by atoms with van der Waals surface area (Å²) in [7, 11) is 3.84. The van der Waals surface area contributed by atoms with E-state index < -0.39 is 0 Å². The summed E-state index contributed by atoms with van der Waals surface area (Å²) in [6, 6.07) is 1.95. The molecular formula is C13H20N4O. The van der Waals surface area contributed by atoms with Gasteiger partial charge in [0, 0.05) is 30.9 Å². The van der Waals surface area contributed by atoms with Gasteiger partial charge in [0.15, 0.2) is 0 Å². The van der Waals surface area contributed by atoms with E-state index in [1.165, 1.54) is 0 Å². The number of piperidine rings is 1. The Morgan fingerprint density at radius 3 is 3.06 bits per heavy atom. The Morgan fingerprint density at radius 1 is 1.56 bits per heavy atom. The van der Waals surface area contributed by atoms with Gasteiger partial charge in [-0.25, -0.2) is 9.97 Å². The highest BCUT2D eigenvalue weighted by atomic mass is 16.2. The molecule has 0 bridgehead atoms. The van der Waals surface area contributed by atoms with E-state index in [-0.39, 0.29) is 5.91 Å². The summed E-state index contributed by atoms with van der Waals surface area (Å²) in [5, 5.41) is 0. The topological polar surface area (TPSA) is 49.3 Å². The summed E-state index contributed by atoms with van der Waals surface area (Å²) in [5.41, 5.74) is 1.05. The Hall–Kier alpha value is -1.49. The van der Waals surface area contributed by atoms with Crippen molar-refractivity contribution in [1.29, 1.82) is 0 Å². The predicted octanol–water partition coefficient (Wildman–Crippen LogP) is 0.744. The fourth-order valence-electron chi connectivity index (χ4n) is 2.36. The number of rotatable bonds is 3. The van der Waals surface area contributed by atoms with Crippen LogP contribution in [0.2, 0.25) is 0 Å². The summed E-state index contributed by atoms with van der Waals surface area (Å²) >= 11 is 0. The van der Waals surface area contributed by atoms with Crippen molar-refractivity contribution in [2.75, 3.05) is 33.7 Å². The van der Waals surface area contributed by atoms with Crippen LogP contribution < -0.4 is 0 Å². The van der Waals surface area contributed by atoms with Crippen LogP contribution in [-0.2, 0) is 4.79 Å². The SMILES string of the molecule is CN(C)CC(=O)N1CCC[C@H](c2ccncn2)C1. The van der Waals surface area contributed by atoms with Crippen molar-refractivity contribution in [2.24, 2.45) is 0 Å². The van der Waals surface area contributed by atoms with E-state index in [9.17, 15) is 4.79 Å². The predicted molar refractivity (Wildman–Crippen MR) is 69.1 cm³/mol. The lowest BCUT2D eigenvalue weighted by Gasteiger charge is -2.33. The molecule has 1 aliphatic rings. The van der Waals surface area contributed by atoms with Gasteiger partial charge in [0.1, 0.15) is 6.33 Å². The van der Waals surface area contributed by atoms with Crippen molar-refractivity contribution in [3.8, 4) is 0 Å². The van der Waals surface area contributed by atoms with Crippen LogP contribution in [0, 0.1) is 0 Å². The van der Waals surface area contributed by atoms with Crippen LogP contribution in [0.4, 0.5) is 0 Å². The molecule has 0 N–H and O–H groups in total. The van der Waals surface area contributed by atoms with Crippen molar-refractivity contribution in [3.63, 3.8) is 0 Å². The summed E-state index contributed by atoms with van der Waals surface area (Å²) in [5.74, 6) is 0.562. The van der Waals surface area contributed by atoms with E-state index in [2.05, 4.69) is 9.97 Å². The lowest BCUT2D eigenvalue weighted by atomic mass is 9.94. The maximum atomic E-state index is 12.0. The highest BCUT2D eigenvalue weighted by Crippen LogP contribution is 2.24. The second kappa shape index (κ2) is 5.91. The van der Waals surface area contributed by atoms with Crippen LogP contribution in [0.3, 0.4) is 0 Å². The van der Waals surface area contributed by atoms with Gasteiger partial charge in [-0.15, -0.1) is 0 Å². The highest BCUT2D eigenvalue weighted by Gasteiger charge is 2.25. The lowest BCUT2D eigenvalue weighted by molar-refractivity contribution is -0.133. The Labute approximate surface area is 108 Å². The molecule has 2 rings (SSSR count). The van der Waals surface area contributed by atoms with Crippen molar-refractivity contribution < 1.29 is 4.79 Å². The first-order valence-corrected chi connectivity index (χ1v) is 6.35. The average molecular weight is 248 g/mol. The second-order valence-corrected chi connectivity index (χ2v) is 5.05. The average Bonchev–Trinajstić information content (AvgIpc) is 2.39. The third-order valence-electron chi connectivity index (χ3n) is 3.25. The van der Waals surface area contributed by atoms with Gasteiger partial charge in [-0.05, 0) is 33.0 Å². The molecule has 1 saturated heterocycles. The molecule has 2 heterocycles. The van der Waals surface area contributed by atoms with Crippen LogP contribution in [0.1, 0.15) is 24.5 Å². The van der Waals surface area contributed by atoms with E-state index in [4.69, 9.17) is 0 Å². The Balaban J connectivity index is 1.98. The molecule has 0 radical (unpaired) electrons. The molecule has 1 amide bonds. The van der Waals surface area contributed by atoms with Gasteiger partial charge >= 0.3 is 0 Å². The first kappa shape index (κ1) is 13.0. The molecule has 0 saturated carbocycles. The monoisotopic (exact) mass is 248 g/mol. The highest BCUT2D eigenvalue weighted by molar-refractivity contribution is 5.78. The zero-order chi connectivity index (χ0) is 13.0. The molecule has 1 atom stereocenters. The van der Waals surface area contributed by atoms with Crippen molar-refractivity contribution >= 4 is 5.91 Å². The standard InChI is InChI=1S/C13H20N4O/c1-16(2)9-13(18)17-7-3-4-11(8-17)12-5-6-14-10-15-12/h5-6,10-11H,3-4,7-9H2,1-2H3/t11-/m0/s1. The molecular weight excluding hydrogens is 228 g/mol. The summed E-state index contributed by atoms with van der Waals surface area (Å²) in [6.45, 7) is 2.13. The number of aromatic nitrogens is 2. The van der Waals surface area contributed by atoms with Gasteiger partial charge in [-0.2, -0.15) is 0 Å². The van der Waals surface area contributed by atoms with Crippen LogP contribution in [0.25, 0.3) is 0 Å². The number of likely N-dealkylation sites (N-methyl/N-ethyl adjacent to an activating group) is 1. The number of nitrogens with zero attached hydrogens (tertiary/aromatic N) is 4. The van der Waals surface area contributed by atoms with Crippen LogP contribution in [-0.4, -0.2) is 59.4 Å². The van der Waals surface area contributed by atoms with Crippen molar-refractivity contribution in [2.45, 2.75) is 18.8 Å². The van der Waals surface area contributed by atoms with Gasteiger partial charge in [-0.3, -0.25) is 4.79 Å². The molecule has 1 aromatic rings. The molecule has 0 unspecified atom stereocenters. The molecule has 0 aromatic carbocycles. The largest absolute Gasteiger partial charge is 0.341 e. The number of likely N-dealkylation sites (tertiary alicyclic amines) is 1. The van der Waals surface area contributed by atoms with Gasteiger partial charge < -0.3 is 9.80 Å². The minimum Gasteiger partial charge on any atom is -0.341 e. The first-order valence-electron chi connectivity index (χ1n) is 6.35. The maximum absolute atomic E-state index is 12.0. The summed E-state index contributed by atoms with van der Waals surface area (Å²) in [6.07, 6.45) is 5.50.